The van der Waals surface area contributed by atoms with Gasteiger partial charge in [0.25, 0.3) is 5.91 Å². The van der Waals surface area contributed by atoms with Gasteiger partial charge in [0, 0.05) is 37.6 Å². The smallest absolute Gasteiger partial charge is 0.341 e. The molecule has 1 aromatic heterocycles. The van der Waals surface area contributed by atoms with Crippen LogP contribution in [0.4, 0.5) is 16.4 Å². The third-order valence-corrected chi connectivity index (χ3v) is 6.66. The number of anilines is 3. The second-order valence-corrected chi connectivity index (χ2v) is 8.46. The highest BCUT2D eigenvalue weighted by molar-refractivity contribution is 7.80. The van der Waals surface area contributed by atoms with Crippen molar-refractivity contribution < 1.29 is 14.3 Å². The SMILES string of the molecule is CCN(CC)C(=O)c1sc(NC(=S)Nc2ccc(N(CC)CC)cc2)c(C(=O)OC)c1C. The summed E-state index contributed by atoms with van der Waals surface area (Å²) >= 11 is 6.68. The van der Waals surface area contributed by atoms with Gasteiger partial charge in [0.05, 0.1) is 17.6 Å². The van der Waals surface area contributed by atoms with Gasteiger partial charge in [-0.3, -0.25) is 4.79 Å². The van der Waals surface area contributed by atoms with Crippen molar-refractivity contribution in [3.05, 3.63) is 40.3 Å². The lowest BCUT2D eigenvalue weighted by atomic mass is 10.1. The van der Waals surface area contributed by atoms with Crippen LogP contribution in [0.3, 0.4) is 0 Å². The number of rotatable bonds is 9. The summed E-state index contributed by atoms with van der Waals surface area (Å²) < 4.78 is 4.96. The van der Waals surface area contributed by atoms with Crippen molar-refractivity contribution in [2.45, 2.75) is 34.6 Å². The molecule has 0 aliphatic rings. The van der Waals surface area contributed by atoms with Gasteiger partial charge in [-0.2, -0.15) is 0 Å². The fourth-order valence-electron chi connectivity index (χ4n) is 3.42. The van der Waals surface area contributed by atoms with Crippen molar-refractivity contribution in [1.29, 1.82) is 0 Å². The van der Waals surface area contributed by atoms with Gasteiger partial charge in [-0.25, -0.2) is 4.79 Å². The Morgan fingerprint density at radius 3 is 2.09 bits per heavy atom. The molecule has 1 amide bonds. The molecule has 0 aliphatic heterocycles. The molecular weight excluding hydrogens is 444 g/mol. The first-order valence-corrected chi connectivity index (χ1v) is 12.0. The molecule has 1 heterocycles. The Hall–Kier alpha value is -2.65. The zero-order valence-corrected chi connectivity index (χ0v) is 21.2. The number of hydrogen-bond donors (Lipinski definition) is 2. The molecule has 32 heavy (non-hydrogen) atoms. The number of thiocarbonyl (C=S) groups is 1. The van der Waals surface area contributed by atoms with E-state index in [-0.39, 0.29) is 5.91 Å². The van der Waals surface area contributed by atoms with E-state index in [0.717, 1.165) is 24.5 Å². The Balaban J connectivity index is 2.25. The van der Waals surface area contributed by atoms with E-state index in [4.69, 9.17) is 17.0 Å². The second kappa shape index (κ2) is 11.8. The lowest BCUT2D eigenvalue weighted by molar-refractivity contribution is 0.0601. The largest absolute Gasteiger partial charge is 0.465 e. The van der Waals surface area contributed by atoms with Gasteiger partial charge in [-0.05, 0) is 76.7 Å². The third-order valence-electron chi connectivity index (χ3n) is 5.26. The van der Waals surface area contributed by atoms with Crippen LogP contribution >= 0.6 is 23.6 Å². The molecule has 0 bridgehead atoms. The summed E-state index contributed by atoms with van der Waals surface area (Å²) in [5.74, 6) is -0.618. The quantitative estimate of drug-likeness (QED) is 0.390. The molecule has 0 fully saturated rings. The second-order valence-electron chi connectivity index (χ2n) is 7.03. The Kier molecular flexibility index (Phi) is 9.46. The molecule has 0 spiro atoms. The van der Waals surface area contributed by atoms with Crippen LogP contribution in [0.2, 0.25) is 0 Å². The van der Waals surface area contributed by atoms with Gasteiger partial charge in [-0.15, -0.1) is 11.3 Å². The minimum atomic E-state index is -0.508. The first-order chi connectivity index (χ1) is 15.3. The predicted molar refractivity (Wildman–Crippen MR) is 137 cm³/mol. The maximum Gasteiger partial charge on any atom is 0.341 e. The van der Waals surface area contributed by atoms with E-state index < -0.39 is 5.97 Å². The van der Waals surface area contributed by atoms with Crippen molar-refractivity contribution in [2.24, 2.45) is 0 Å². The van der Waals surface area contributed by atoms with Crippen LogP contribution in [0, 0.1) is 6.92 Å². The van der Waals surface area contributed by atoms with E-state index in [1.165, 1.54) is 18.4 Å². The van der Waals surface area contributed by atoms with Crippen molar-refractivity contribution >= 4 is 56.9 Å². The highest BCUT2D eigenvalue weighted by atomic mass is 32.1. The van der Waals surface area contributed by atoms with E-state index in [0.29, 0.717) is 39.2 Å². The summed E-state index contributed by atoms with van der Waals surface area (Å²) in [6.07, 6.45) is 0. The van der Waals surface area contributed by atoms with Gasteiger partial charge in [0.1, 0.15) is 5.00 Å². The summed E-state index contributed by atoms with van der Waals surface area (Å²) in [6.45, 7) is 12.9. The minimum absolute atomic E-state index is 0.110. The fraction of sp³-hybridized carbons (Fsp3) is 0.435. The molecule has 0 unspecified atom stereocenters. The molecule has 2 rings (SSSR count). The van der Waals surface area contributed by atoms with Crippen molar-refractivity contribution in [1.82, 2.24) is 4.90 Å². The van der Waals surface area contributed by atoms with Crippen LogP contribution in [-0.4, -0.2) is 55.2 Å². The number of benzene rings is 1. The van der Waals surface area contributed by atoms with E-state index in [9.17, 15) is 9.59 Å². The first kappa shape index (κ1) is 25.6. The number of thiophene rings is 1. The number of carbonyl (C=O) groups is 2. The number of nitrogens with one attached hydrogen (secondary N) is 2. The van der Waals surface area contributed by atoms with Crippen LogP contribution in [0.15, 0.2) is 24.3 Å². The summed E-state index contributed by atoms with van der Waals surface area (Å²) in [5.41, 5.74) is 2.88. The Morgan fingerprint density at radius 2 is 1.59 bits per heavy atom. The lowest BCUT2D eigenvalue weighted by Gasteiger charge is -2.21. The number of amides is 1. The number of methoxy groups -OCH3 is 1. The Bertz CT molecular complexity index is 949. The standard InChI is InChI=1S/C23H32N4O3S2/c1-7-26(8-2)17-13-11-16(12-14-17)24-23(31)25-20-18(22(29)30-6)15(5)19(32-20)21(28)27(9-3)10-4/h11-14H,7-10H2,1-6H3,(H2,24,25,31). The summed E-state index contributed by atoms with van der Waals surface area (Å²) in [4.78, 5) is 29.8. The average Bonchev–Trinajstić information content (AvgIpc) is 3.11. The zero-order valence-electron chi connectivity index (χ0n) is 19.6. The van der Waals surface area contributed by atoms with Gasteiger partial charge in [0.2, 0.25) is 0 Å². The van der Waals surface area contributed by atoms with Gasteiger partial charge >= 0.3 is 5.97 Å². The molecule has 0 saturated heterocycles. The molecule has 2 aromatic rings. The highest BCUT2D eigenvalue weighted by Crippen LogP contribution is 2.34. The molecule has 174 valence electrons. The van der Waals surface area contributed by atoms with Crippen LogP contribution < -0.4 is 15.5 Å². The van der Waals surface area contributed by atoms with Crippen LogP contribution in [0.5, 0.6) is 0 Å². The molecule has 2 N–H and O–H groups in total. The predicted octanol–water partition coefficient (Wildman–Crippen LogP) is 4.98. The lowest BCUT2D eigenvalue weighted by Crippen LogP contribution is -2.30. The normalized spacial score (nSPS) is 10.4. The number of esters is 1. The first-order valence-electron chi connectivity index (χ1n) is 10.7. The van der Waals surface area contributed by atoms with Crippen molar-refractivity contribution in [2.75, 3.05) is 48.8 Å². The van der Waals surface area contributed by atoms with Crippen LogP contribution in [-0.2, 0) is 4.74 Å². The molecule has 0 saturated carbocycles. The summed E-state index contributed by atoms with van der Waals surface area (Å²) in [5, 5.41) is 7.04. The summed E-state index contributed by atoms with van der Waals surface area (Å²) in [7, 11) is 1.32. The Labute approximate surface area is 199 Å². The number of carbonyl (C=O) groups excluding carboxylic acids is 2. The van der Waals surface area contributed by atoms with Crippen molar-refractivity contribution in [3.63, 3.8) is 0 Å². The molecular formula is C23H32N4O3S2. The number of ether oxygens (including phenoxy) is 1. The Morgan fingerprint density at radius 1 is 1.00 bits per heavy atom. The van der Waals surface area contributed by atoms with Gasteiger partial charge in [-0.1, -0.05) is 0 Å². The van der Waals surface area contributed by atoms with E-state index >= 15 is 0 Å². The average molecular weight is 477 g/mol. The molecule has 7 nitrogen and oxygen atoms in total. The molecule has 0 aliphatic carbocycles. The topological polar surface area (TPSA) is 73.9 Å². The van der Waals surface area contributed by atoms with E-state index in [1.54, 1.807) is 11.8 Å². The minimum Gasteiger partial charge on any atom is -0.465 e. The number of hydrogen-bond acceptors (Lipinski definition) is 6. The monoisotopic (exact) mass is 476 g/mol. The third kappa shape index (κ3) is 5.77. The van der Waals surface area contributed by atoms with E-state index in [1.807, 2.05) is 38.1 Å². The fourth-order valence-corrected chi connectivity index (χ4v) is 4.87. The summed E-state index contributed by atoms with van der Waals surface area (Å²) in [6, 6.07) is 7.98. The molecule has 1 aromatic carbocycles. The van der Waals surface area contributed by atoms with Crippen LogP contribution in [0.1, 0.15) is 53.3 Å². The number of nitrogens with zero attached hydrogens (tertiary/aromatic N) is 2. The molecule has 0 atom stereocenters. The van der Waals surface area contributed by atoms with Gasteiger partial charge in [0.15, 0.2) is 5.11 Å². The molecule has 9 heteroatoms. The highest BCUT2D eigenvalue weighted by Gasteiger charge is 2.27. The maximum atomic E-state index is 12.9. The van der Waals surface area contributed by atoms with Crippen molar-refractivity contribution in [3.8, 4) is 0 Å². The zero-order chi connectivity index (χ0) is 23.8. The maximum absolute atomic E-state index is 12.9. The van der Waals surface area contributed by atoms with Gasteiger partial charge < -0.3 is 25.2 Å². The van der Waals surface area contributed by atoms with E-state index in [2.05, 4.69) is 29.4 Å². The van der Waals surface area contributed by atoms with Crippen LogP contribution in [0.25, 0.3) is 0 Å². The molecule has 0 radical (unpaired) electrons.